The molecule has 26 heavy (non-hydrogen) atoms. The number of ether oxygens (including phenoxy) is 1. The number of aromatic nitrogens is 1. The molecule has 1 aliphatic rings. The van der Waals surface area contributed by atoms with Crippen molar-refractivity contribution in [2.75, 3.05) is 13.1 Å². The summed E-state index contributed by atoms with van der Waals surface area (Å²) in [6.07, 6.45) is 1.71. The molecule has 1 aromatic heterocycles. The molecule has 4 rings (SSSR count). The lowest BCUT2D eigenvalue weighted by atomic mass is 9.89. The van der Waals surface area contributed by atoms with Crippen molar-refractivity contribution in [3.05, 3.63) is 96.2 Å². The van der Waals surface area contributed by atoms with Gasteiger partial charge in [0.05, 0.1) is 19.0 Å². The van der Waals surface area contributed by atoms with E-state index in [1.54, 1.807) is 6.20 Å². The van der Waals surface area contributed by atoms with Crippen LogP contribution in [0.15, 0.2) is 85.1 Å². The van der Waals surface area contributed by atoms with E-state index < -0.39 is 0 Å². The van der Waals surface area contributed by atoms with E-state index >= 15 is 0 Å². The maximum absolute atomic E-state index is 13.2. The van der Waals surface area contributed by atoms with Crippen LogP contribution < -0.4 is 4.74 Å². The summed E-state index contributed by atoms with van der Waals surface area (Å²) in [7, 11) is 0. The van der Waals surface area contributed by atoms with Crippen LogP contribution >= 0.6 is 0 Å². The summed E-state index contributed by atoms with van der Waals surface area (Å²) in [6, 6.07) is 25.5. The van der Waals surface area contributed by atoms with Crippen molar-refractivity contribution < 1.29 is 9.53 Å². The number of likely N-dealkylation sites (tertiary alicyclic amines) is 1. The van der Waals surface area contributed by atoms with E-state index in [0.29, 0.717) is 19.0 Å². The topological polar surface area (TPSA) is 42.4 Å². The number of carbonyl (C=O) groups is 1. The molecule has 0 saturated carbocycles. The van der Waals surface area contributed by atoms with Gasteiger partial charge in [-0.3, -0.25) is 4.79 Å². The van der Waals surface area contributed by atoms with Gasteiger partial charge in [-0.1, -0.05) is 66.7 Å². The zero-order valence-electron chi connectivity index (χ0n) is 14.4. The summed E-state index contributed by atoms with van der Waals surface area (Å²) in [4.78, 5) is 19.2. The van der Waals surface area contributed by atoms with Crippen LogP contribution in [0.25, 0.3) is 0 Å². The number of hydrogen-bond acceptors (Lipinski definition) is 3. The average molecular weight is 344 g/mol. The van der Waals surface area contributed by atoms with Gasteiger partial charge in [0.25, 0.3) is 0 Å². The number of rotatable bonds is 5. The maximum Gasteiger partial charge on any atom is 0.234 e. The number of nitrogens with zero attached hydrogens (tertiary/aromatic N) is 2. The van der Waals surface area contributed by atoms with Crippen LogP contribution in [-0.2, 0) is 4.79 Å². The van der Waals surface area contributed by atoms with Gasteiger partial charge < -0.3 is 9.64 Å². The molecule has 1 saturated heterocycles. The van der Waals surface area contributed by atoms with Crippen molar-refractivity contribution in [3.63, 3.8) is 0 Å². The van der Waals surface area contributed by atoms with E-state index in [0.717, 1.165) is 11.1 Å². The van der Waals surface area contributed by atoms with Gasteiger partial charge in [0, 0.05) is 12.3 Å². The Hall–Kier alpha value is -3.14. The molecule has 130 valence electrons. The van der Waals surface area contributed by atoms with Gasteiger partial charge in [-0.05, 0) is 17.2 Å². The third-order valence-electron chi connectivity index (χ3n) is 4.60. The minimum Gasteiger partial charge on any atom is -0.471 e. The van der Waals surface area contributed by atoms with Crippen molar-refractivity contribution in [2.24, 2.45) is 0 Å². The van der Waals surface area contributed by atoms with E-state index in [9.17, 15) is 4.79 Å². The minimum absolute atomic E-state index is 0.000969. The molecule has 1 amide bonds. The van der Waals surface area contributed by atoms with Gasteiger partial charge in [0.2, 0.25) is 11.8 Å². The Kier molecular flexibility index (Phi) is 4.65. The highest BCUT2D eigenvalue weighted by molar-refractivity contribution is 5.88. The van der Waals surface area contributed by atoms with E-state index in [2.05, 4.69) is 4.98 Å². The van der Waals surface area contributed by atoms with Gasteiger partial charge in [0.1, 0.15) is 6.10 Å². The fourth-order valence-electron chi connectivity index (χ4n) is 3.23. The molecule has 1 fully saturated rings. The molecular weight excluding hydrogens is 324 g/mol. The van der Waals surface area contributed by atoms with Gasteiger partial charge in [-0.25, -0.2) is 4.98 Å². The smallest absolute Gasteiger partial charge is 0.234 e. The number of pyridine rings is 1. The van der Waals surface area contributed by atoms with Crippen LogP contribution in [0.1, 0.15) is 17.0 Å². The quantitative estimate of drug-likeness (QED) is 0.711. The lowest BCUT2D eigenvalue weighted by Gasteiger charge is -2.40. The third kappa shape index (κ3) is 3.45. The van der Waals surface area contributed by atoms with Crippen LogP contribution in [0.3, 0.4) is 0 Å². The zero-order valence-corrected chi connectivity index (χ0v) is 14.4. The molecule has 4 heteroatoms. The summed E-state index contributed by atoms with van der Waals surface area (Å²) >= 11 is 0. The van der Waals surface area contributed by atoms with Crippen LogP contribution in [0.4, 0.5) is 0 Å². The molecule has 2 heterocycles. The molecule has 3 aromatic rings. The fraction of sp³-hybridized carbons (Fsp3) is 0.182. The molecular formula is C22H20N2O2. The summed E-state index contributed by atoms with van der Waals surface area (Å²) in [5.74, 6) is 0.434. The Bertz CT molecular complexity index is 808. The summed E-state index contributed by atoms with van der Waals surface area (Å²) in [5, 5.41) is 0. The summed E-state index contributed by atoms with van der Waals surface area (Å²) < 4.78 is 5.82. The second-order valence-corrected chi connectivity index (χ2v) is 6.41. The second-order valence-electron chi connectivity index (χ2n) is 6.41. The molecule has 0 atom stereocenters. The Labute approximate surface area is 153 Å². The van der Waals surface area contributed by atoms with Crippen LogP contribution in [0.5, 0.6) is 5.88 Å². The van der Waals surface area contributed by atoms with Crippen molar-refractivity contribution in [1.29, 1.82) is 0 Å². The second kappa shape index (κ2) is 7.40. The fourth-order valence-corrected chi connectivity index (χ4v) is 3.23. The van der Waals surface area contributed by atoms with E-state index in [1.165, 1.54) is 0 Å². The highest BCUT2D eigenvalue weighted by atomic mass is 16.5. The van der Waals surface area contributed by atoms with Crippen molar-refractivity contribution in [3.8, 4) is 5.88 Å². The van der Waals surface area contributed by atoms with E-state index in [4.69, 9.17) is 4.74 Å². The normalized spacial score (nSPS) is 14.1. The minimum atomic E-state index is -0.284. The monoisotopic (exact) mass is 344 g/mol. The highest BCUT2D eigenvalue weighted by Crippen LogP contribution is 2.29. The Balaban J connectivity index is 1.48. The van der Waals surface area contributed by atoms with Crippen LogP contribution in [0, 0.1) is 0 Å². The summed E-state index contributed by atoms with van der Waals surface area (Å²) in [5.41, 5.74) is 2.02. The van der Waals surface area contributed by atoms with E-state index in [-0.39, 0.29) is 17.9 Å². The van der Waals surface area contributed by atoms with Crippen LogP contribution in [-0.4, -0.2) is 35.0 Å². The average Bonchev–Trinajstić information content (AvgIpc) is 2.67. The zero-order chi connectivity index (χ0) is 17.8. The number of amides is 1. The lowest BCUT2D eigenvalue weighted by Crippen LogP contribution is -2.57. The molecule has 2 aromatic carbocycles. The first-order valence-corrected chi connectivity index (χ1v) is 8.77. The Morgan fingerprint density at radius 2 is 1.46 bits per heavy atom. The molecule has 0 bridgehead atoms. The van der Waals surface area contributed by atoms with Gasteiger partial charge in [0.15, 0.2) is 0 Å². The standard InChI is InChI=1S/C22H20N2O2/c25-22(24-15-19(16-24)26-20-13-7-8-14-23-20)21(17-9-3-1-4-10-17)18-11-5-2-6-12-18/h1-14,19,21H,15-16H2. The largest absolute Gasteiger partial charge is 0.471 e. The molecule has 1 aliphatic heterocycles. The number of carbonyl (C=O) groups excluding carboxylic acids is 1. The SMILES string of the molecule is O=C(C(c1ccccc1)c1ccccc1)N1CC(Oc2ccccn2)C1. The molecule has 0 N–H and O–H groups in total. The molecule has 4 nitrogen and oxygen atoms in total. The van der Waals surface area contributed by atoms with Gasteiger partial charge in [-0.2, -0.15) is 0 Å². The third-order valence-corrected chi connectivity index (χ3v) is 4.60. The maximum atomic E-state index is 13.2. The van der Waals surface area contributed by atoms with Crippen molar-refractivity contribution >= 4 is 5.91 Å². The predicted molar refractivity (Wildman–Crippen MR) is 100.0 cm³/mol. The number of benzene rings is 2. The summed E-state index contributed by atoms with van der Waals surface area (Å²) in [6.45, 7) is 1.18. The first kappa shape index (κ1) is 16.3. The molecule has 0 unspecified atom stereocenters. The van der Waals surface area contributed by atoms with Crippen molar-refractivity contribution in [2.45, 2.75) is 12.0 Å². The predicted octanol–water partition coefficient (Wildman–Crippen LogP) is 3.50. The highest BCUT2D eigenvalue weighted by Gasteiger charge is 2.37. The molecule has 0 radical (unpaired) electrons. The van der Waals surface area contributed by atoms with Crippen molar-refractivity contribution in [1.82, 2.24) is 9.88 Å². The lowest BCUT2D eigenvalue weighted by molar-refractivity contribution is -0.140. The van der Waals surface area contributed by atoms with E-state index in [1.807, 2.05) is 83.8 Å². The first-order chi connectivity index (χ1) is 12.8. The van der Waals surface area contributed by atoms with Gasteiger partial charge >= 0.3 is 0 Å². The van der Waals surface area contributed by atoms with Crippen LogP contribution in [0.2, 0.25) is 0 Å². The molecule has 0 spiro atoms. The Morgan fingerprint density at radius 3 is 2.00 bits per heavy atom. The Morgan fingerprint density at radius 1 is 0.885 bits per heavy atom. The van der Waals surface area contributed by atoms with Gasteiger partial charge in [-0.15, -0.1) is 0 Å². The molecule has 0 aliphatic carbocycles. The number of hydrogen-bond donors (Lipinski definition) is 0. The first-order valence-electron chi connectivity index (χ1n) is 8.77.